The summed E-state index contributed by atoms with van der Waals surface area (Å²) >= 11 is 0. The first-order valence-corrected chi connectivity index (χ1v) is 6.09. The van der Waals surface area contributed by atoms with Gasteiger partial charge in [0.25, 0.3) is 0 Å². The SMILES string of the molecule is COC(CNS(=O)(=O)c1cnn(C)c1)C(=O)O. The van der Waals surface area contributed by atoms with Crippen molar-refractivity contribution in [1.29, 1.82) is 0 Å². The summed E-state index contributed by atoms with van der Waals surface area (Å²) in [7, 11) is -0.986. The van der Waals surface area contributed by atoms with Gasteiger partial charge in [-0.25, -0.2) is 17.9 Å². The van der Waals surface area contributed by atoms with Crippen molar-refractivity contribution >= 4 is 16.0 Å². The molecule has 0 saturated heterocycles. The number of rotatable bonds is 6. The predicted octanol–water partition coefficient (Wildman–Crippen LogP) is -1.20. The molecule has 0 amide bonds. The van der Waals surface area contributed by atoms with Crippen molar-refractivity contribution < 1.29 is 23.1 Å². The first-order chi connectivity index (χ1) is 7.86. The van der Waals surface area contributed by atoms with Gasteiger partial charge in [-0.2, -0.15) is 5.10 Å². The van der Waals surface area contributed by atoms with Gasteiger partial charge in [0.05, 0.1) is 6.20 Å². The summed E-state index contributed by atoms with van der Waals surface area (Å²) in [4.78, 5) is 10.6. The molecule has 1 heterocycles. The summed E-state index contributed by atoms with van der Waals surface area (Å²) in [6, 6.07) is 0. The normalized spacial score (nSPS) is 13.5. The largest absolute Gasteiger partial charge is 0.479 e. The van der Waals surface area contributed by atoms with E-state index in [9.17, 15) is 13.2 Å². The molecule has 0 bridgehead atoms. The topological polar surface area (TPSA) is 111 Å². The minimum absolute atomic E-state index is 0.0276. The molecule has 0 aromatic carbocycles. The number of aryl methyl sites for hydroxylation is 1. The molecular weight excluding hydrogens is 250 g/mol. The van der Waals surface area contributed by atoms with Crippen molar-refractivity contribution in [3.8, 4) is 0 Å². The molecule has 1 atom stereocenters. The number of carboxylic acid groups (broad SMARTS) is 1. The highest BCUT2D eigenvalue weighted by molar-refractivity contribution is 7.89. The maximum absolute atomic E-state index is 11.7. The second kappa shape index (κ2) is 5.25. The number of hydrogen-bond acceptors (Lipinski definition) is 5. The van der Waals surface area contributed by atoms with E-state index in [4.69, 9.17) is 5.11 Å². The molecule has 0 spiro atoms. The van der Waals surface area contributed by atoms with Gasteiger partial charge in [-0.3, -0.25) is 4.68 Å². The summed E-state index contributed by atoms with van der Waals surface area (Å²) in [5.74, 6) is -1.23. The van der Waals surface area contributed by atoms with Gasteiger partial charge in [-0.1, -0.05) is 0 Å². The average Bonchev–Trinajstić information content (AvgIpc) is 2.66. The zero-order valence-corrected chi connectivity index (χ0v) is 10.1. The lowest BCUT2D eigenvalue weighted by Crippen LogP contribution is -2.37. The summed E-state index contributed by atoms with van der Waals surface area (Å²) in [5, 5.41) is 12.4. The number of nitrogens with one attached hydrogen (secondary N) is 1. The molecule has 0 aliphatic rings. The van der Waals surface area contributed by atoms with Crippen molar-refractivity contribution in [1.82, 2.24) is 14.5 Å². The third-order valence-corrected chi connectivity index (χ3v) is 3.39. The molecule has 1 aromatic rings. The maximum atomic E-state index is 11.7. The minimum atomic E-state index is -3.75. The molecule has 1 unspecified atom stereocenters. The zero-order valence-electron chi connectivity index (χ0n) is 9.32. The zero-order chi connectivity index (χ0) is 13.1. The Morgan fingerprint density at radius 2 is 2.35 bits per heavy atom. The number of nitrogens with zero attached hydrogens (tertiary/aromatic N) is 2. The van der Waals surface area contributed by atoms with Crippen LogP contribution in [0.5, 0.6) is 0 Å². The molecule has 96 valence electrons. The summed E-state index contributed by atoms with van der Waals surface area (Å²) in [6.07, 6.45) is 1.26. The van der Waals surface area contributed by atoms with E-state index in [0.717, 1.165) is 0 Å². The van der Waals surface area contributed by atoms with Gasteiger partial charge in [0.1, 0.15) is 4.90 Å². The number of carbonyl (C=O) groups is 1. The van der Waals surface area contributed by atoms with Gasteiger partial charge >= 0.3 is 5.97 Å². The molecule has 17 heavy (non-hydrogen) atoms. The van der Waals surface area contributed by atoms with Crippen LogP contribution in [0.2, 0.25) is 0 Å². The molecule has 1 rings (SSSR count). The van der Waals surface area contributed by atoms with E-state index in [1.54, 1.807) is 7.05 Å². The van der Waals surface area contributed by atoms with Gasteiger partial charge in [-0.05, 0) is 0 Å². The summed E-state index contributed by atoms with van der Waals surface area (Å²) in [6.45, 7) is -0.344. The Labute approximate surface area is 98.2 Å². The Kier molecular flexibility index (Phi) is 4.21. The van der Waals surface area contributed by atoms with E-state index in [-0.39, 0.29) is 11.4 Å². The summed E-state index contributed by atoms with van der Waals surface area (Å²) < 4.78 is 31.4. The predicted molar refractivity (Wildman–Crippen MR) is 56.8 cm³/mol. The van der Waals surface area contributed by atoms with E-state index >= 15 is 0 Å². The van der Waals surface area contributed by atoms with Crippen molar-refractivity contribution in [2.45, 2.75) is 11.0 Å². The molecule has 8 nitrogen and oxygen atoms in total. The van der Waals surface area contributed by atoms with Crippen LogP contribution in [0.15, 0.2) is 17.3 Å². The van der Waals surface area contributed by atoms with Crippen LogP contribution in [0, 0.1) is 0 Å². The smallest absolute Gasteiger partial charge is 0.334 e. The minimum Gasteiger partial charge on any atom is -0.479 e. The highest BCUT2D eigenvalue weighted by atomic mass is 32.2. The lowest BCUT2D eigenvalue weighted by atomic mass is 10.4. The first-order valence-electron chi connectivity index (χ1n) is 4.60. The fourth-order valence-electron chi connectivity index (χ4n) is 1.08. The van der Waals surface area contributed by atoms with Crippen LogP contribution in [-0.4, -0.2) is 49.0 Å². The molecule has 1 aromatic heterocycles. The second-order valence-corrected chi connectivity index (χ2v) is 5.03. The van der Waals surface area contributed by atoms with Crippen molar-refractivity contribution in [3.63, 3.8) is 0 Å². The maximum Gasteiger partial charge on any atom is 0.334 e. The Morgan fingerprint density at radius 1 is 1.71 bits per heavy atom. The Balaban J connectivity index is 2.71. The van der Waals surface area contributed by atoms with E-state index in [1.807, 2.05) is 0 Å². The fourth-order valence-corrected chi connectivity index (χ4v) is 2.09. The third-order valence-electron chi connectivity index (χ3n) is 2.01. The van der Waals surface area contributed by atoms with E-state index in [2.05, 4.69) is 14.6 Å². The lowest BCUT2D eigenvalue weighted by molar-refractivity contribution is -0.147. The van der Waals surface area contributed by atoms with E-state index in [1.165, 1.54) is 24.2 Å². The molecule has 2 N–H and O–H groups in total. The van der Waals surface area contributed by atoms with Crippen LogP contribution >= 0.6 is 0 Å². The average molecular weight is 263 g/mol. The first kappa shape index (κ1) is 13.6. The summed E-state index contributed by atoms with van der Waals surface area (Å²) in [5.41, 5.74) is 0. The molecule has 0 aliphatic heterocycles. The van der Waals surface area contributed by atoms with Crippen LogP contribution in [0.4, 0.5) is 0 Å². The highest BCUT2D eigenvalue weighted by Gasteiger charge is 2.21. The van der Waals surface area contributed by atoms with E-state index < -0.39 is 22.1 Å². The molecule has 0 radical (unpaired) electrons. The van der Waals surface area contributed by atoms with E-state index in [0.29, 0.717) is 0 Å². The van der Waals surface area contributed by atoms with Gasteiger partial charge in [0, 0.05) is 26.9 Å². The Morgan fingerprint density at radius 3 is 2.76 bits per heavy atom. The van der Waals surface area contributed by atoms with Crippen LogP contribution in [-0.2, 0) is 26.6 Å². The van der Waals surface area contributed by atoms with Crippen molar-refractivity contribution in [2.75, 3.05) is 13.7 Å². The Bertz CT molecular complexity index is 495. The monoisotopic (exact) mass is 263 g/mol. The quantitative estimate of drug-likeness (QED) is 0.667. The van der Waals surface area contributed by atoms with Crippen LogP contribution in [0.1, 0.15) is 0 Å². The van der Waals surface area contributed by atoms with Crippen LogP contribution < -0.4 is 4.72 Å². The van der Waals surface area contributed by atoms with Gasteiger partial charge in [-0.15, -0.1) is 0 Å². The third kappa shape index (κ3) is 3.51. The van der Waals surface area contributed by atoms with Crippen LogP contribution in [0.25, 0.3) is 0 Å². The number of aromatic nitrogens is 2. The highest BCUT2D eigenvalue weighted by Crippen LogP contribution is 2.05. The number of hydrogen-bond donors (Lipinski definition) is 2. The molecular formula is C8H13N3O5S. The lowest BCUT2D eigenvalue weighted by Gasteiger charge is -2.10. The van der Waals surface area contributed by atoms with Crippen LogP contribution in [0.3, 0.4) is 0 Å². The standard InChI is InChI=1S/C8H13N3O5S/c1-11-5-6(3-9-11)17(14,15)10-4-7(16-2)8(12)13/h3,5,7,10H,4H2,1-2H3,(H,12,13). The number of sulfonamides is 1. The fraction of sp³-hybridized carbons (Fsp3) is 0.500. The van der Waals surface area contributed by atoms with Gasteiger partial charge < -0.3 is 9.84 Å². The molecule has 9 heteroatoms. The molecule has 0 saturated carbocycles. The molecule has 0 aliphatic carbocycles. The van der Waals surface area contributed by atoms with Crippen molar-refractivity contribution in [3.05, 3.63) is 12.4 Å². The second-order valence-electron chi connectivity index (χ2n) is 3.26. The number of carboxylic acids is 1. The number of ether oxygens (including phenoxy) is 1. The van der Waals surface area contributed by atoms with Crippen molar-refractivity contribution in [2.24, 2.45) is 7.05 Å². The Hall–Kier alpha value is -1.45. The van der Waals surface area contributed by atoms with Gasteiger partial charge in [0.2, 0.25) is 10.0 Å². The number of aliphatic carboxylic acids is 1. The van der Waals surface area contributed by atoms with Gasteiger partial charge in [0.15, 0.2) is 6.10 Å². The molecule has 0 fully saturated rings. The number of methoxy groups -OCH3 is 1.